The summed E-state index contributed by atoms with van der Waals surface area (Å²) in [4.78, 5) is 12.3. The Labute approximate surface area is 157 Å². The molecule has 2 rings (SSSR count). The van der Waals surface area contributed by atoms with Gasteiger partial charge in [-0.25, -0.2) is 0 Å². The number of alkyl halides is 3. The van der Waals surface area contributed by atoms with Gasteiger partial charge in [-0.05, 0) is 31.0 Å². The van der Waals surface area contributed by atoms with Gasteiger partial charge in [-0.2, -0.15) is 0 Å². The van der Waals surface area contributed by atoms with Gasteiger partial charge < -0.3 is 10.6 Å². The van der Waals surface area contributed by atoms with E-state index in [1.165, 1.54) is 0 Å². The number of halogens is 3. The van der Waals surface area contributed by atoms with Gasteiger partial charge in [0.2, 0.25) is 9.70 Å². The monoisotopic (exact) mass is 384 g/mol. The number of hydrogen-bond donors (Lipinski definition) is 2. The first-order valence-electron chi connectivity index (χ1n) is 7.49. The largest absolute Gasteiger partial charge is 0.362 e. The van der Waals surface area contributed by atoms with Crippen LogP contribution in [0.4, 0.5) is 5.69 Å². The van der Waals surface area contributed by atoms with Gasteiger partial charge in [0.1, 0.15) is 6.17 Å². The fourth-order valence-corrected chi connectivity index (χ4v) is 2.65. The number of carbonyl (C=O) groups is 1. The van der Waals surface area contributed by atoms with Gasteiger partial charge in [-0.3, -0.25) is 4.79 Å². The van der Waals surface area contributed by atoms with Crippen molar-refractivity contribution in [3.05, 3.63) is 65.2 Å². The Balaban J connectivity index is 2.10. The minimum Gasteiger partial charge on any atom is -0.362 e. The molecule has 1 atom stereocenters. The van der Waals surface area contributed by atoms with Crippen LogP contribution < -0.4 is 10.6 Å². The van der Waals surface area contributed by atoms with E-state index in [-0.39, 0.29) is 12.3 Å². The Morgan fingerprint density at radius 3 is 2.33 bits per heavy atom. The quantitative estimate of drug-likeness (QED) is 0.575. The number of hydrogen-bond acceptors (Lipinski definition) is 2. The van der Waals surface area contributed by atoms with Crippen LogP contribution in [-0.4, -0.2) is 15.9 Å². The summed E-state index contributed by atoms with van der Waals surface area (Å²) in [5.41, 5.74) is 3.84. The maximum absolute atomic E-state index is 12.3. The molecule has 24 heavy (non-hydrogen) atoms. The molecule has 6 heteroatoms. The topological polar surface area (TPSA) is 41.1 Å². The third-order valence-electron chi connectivity index (χ3n) is 3.52. The molecule has 0 bridgehead atoms. The Morgan fingerprint density at radius 1 is 1.08 bits per heavy atom. The molecule has 0 aliphatic heterocycles. The minimum atomic E-state index is -1.69. The molecule has 0 heterocycles. The van der Waals surface area contributed by atoms with E-state index in [2.05, 4.69) is 10.6 Å². The lowest BCUT2D eigenvalue weighted by atomic mass is 10.1. The molecule has 1 amide bonds. The second kappa shape index (κ2) is 8.11. The third kappa shape index (κ3) is 5.59. The fourth-order valence-electron chi connectivity index (χ4n) is 2.32. The van der Waals surface area contributed by atoms with Crippen molar-refractivity contribution in [2.45, 2.75) is 30.2 Å². The van der Waals surface area contributed by atoms with Gasteiger partial charge in [0.25, 0.3) is 0 Å². The number of nitrogens with one attached hydrogen (secondary N) is 2. The van der Waals surface area contributed by atoms with E-state index < -0.39 is 9.96 Å². The summed E-state index contributed by atoms with van der Waals surface area (Å²) in [5, 5.41) is 5.85. The van der Waals surface area contributed by atoms with Crippen molar-refractivity contribution in [1.82, 2.24) is 5.32 Å². The van der Waals surface area contributed by atoms with Gasteiger partial charge >= 0.3 is 0 Å². The van der Waals surface area contributed by atoms with Crippen LogP contribution in [0.1, 0.15) is 16.7 Å². The molecule has 0 saturated carbocycles. The van der Waals surface area contributed by atoms with Crippen LogP contribution in [0.3, 0.4) is 0 Å². The van der Waals surface area contributed by atoms with E-state index >= 15 is 0 Å². The molecule has 0 spiro atoms. The fraction of sp³-hybridized carbons (Fsp3) is 0.278. The average Bonchev–Trinajstić information content (AvgIpc) is 2.49. The van der Waals surface area contributed by atoms with Gasteiger partial charge in [-0.1, -0.05) is 82.8 Å². The van der Waals surface area contributed by atoms with E-state index in [1.54, 1.807) is 0 Å². The number of benzene rings is 2. The molecule has 0 saturated heterocycles. The maximum atomic E-state index is 12.3. The normalized spacial score (nSPS) is 12.5. The summed E-state index contributed by atoms with van der Waals surface area (Å²) in [7, 11) is 0. The van der Waals surface area contributed by atoms with Crippen molar-refractivity contribution in [3.8, 4) is 0 Å². The van der Waals surface area contributed by atoms with Crippen LogP contribution in [0.5, 0.6) is 0 Å². The van der Waals surface area contributed by atoms with Crippen molar-refractivity contribution in [3.63, 3.8) is 0 Å². The lowest BCUT2D eigenvalue weighted by Gasteiger charge is -2.28. The van der Waals surface area contributed by atoms with E-state index in [1.807, 2.05) is 62.4 Å². The smallest absolute Gasteiger partial charge is 0.228 e. The molecule has 2 aromatic rings. The molecule has 128 valence electrons. The Bertz CT molecular complexity index is 699. The molecule has 0 radical (unpaired) electrons. The predicted octanol–water partition coefficient (Wildman–Crippen LogP) is 4.77. The molecule has 2 aromatic carbocycles. The summed E-state index contributed by atoms with van der Waals surface area (Å²) < 4.78 is -1.69. The molecule has 1 unspecified atom stereocenters. The first-order valence-corrected chi connectivity index (χ1v) is 8.63. The molecule has 3 nitrogen and oxygen atoms in total. The number of aryl methyl sites for hydroxylation is 2. The van der Waals surface area contributed by atoms with Crippen LogP contribution in [0, 0.1) is 13.8 Å². The molecular weight excluding hydrogens is 367 g/mol. The molecule has 0 aliphatic carbocycles. The highest BCUT2D eigenvalue weighted by Crippen LogP contribution is 2.32. The summed E-state index contributed by atoms with van der Waals surface area (Å²) in [6, 6.07) is 15.3. The lowest BCUT2D eigenvalue weighted by molar-refractivity contribution is -0.120. The van der Waals surface area contributed by atoms with Gasteiger partial charge in [0.05, 0.1) is 6.42 Å². The zero-order valence-corrected chi connectivity index (χ0v) is 15.7. The lowest BCUT2D eigenvalue weighted by Crippen LogP contribution is -2.49. The second-order valence-electron chi connectivity index (χ2n) is 5.67. The Morgan fingerprint density at radius 2 is 1.75 bits per heavy atom. The summed E-state index contributed by atoms with van der Waals surface area (Å²) in [6.07, 6.45) is -0.632. The molecular formula is C18H19Cl3N2O. The highest BCUT2D eigenvalue weighted by Gasteiger charge is 2.34. The first-order chi connectivity index (χ1) is 11.3. The standard InChI is InChI=1S/C18H19Cl3N2O/c1-12-8-9-15(13(2)10-12)22-17(18(19,20)21)23-16(24)11-14-6-4-3-5-7-14/h3-10,17,22H,11H2,1-2H3,(H,23,24). The zero-order chi connectivity index (χ0) is 17.7. The van der Waals surface area contributed by atoms with Crippen molar-refractivity contribution in [2.24, 2.45) is 0 Å². The van der Waals surface area contributed by atoms with Crippen molar-refractivity contribution in [1.29, 1.82) is 0 Å². The van der Waals surface area contributed by atoms with E-state index in [4.69, 9.17) is 34.8 Å². The predicted molar refractivity (Wildman–Crippen MR) is 102 cm³/mol. The van der Waals surface area contributed by atoms with E-state index in [0.717, 1.165) is 22.4 Å². The highest BCUT2D eigenvalue weighted by molar-refractivity contribution is 6.68. The zero-order valence-electron chi connectivity index (χ0n) is 13.4. The number of anilines is 1. The third-order valence-corrected chi connectivity index (χ3v) is 4.18. The van der Waals surface area contributed by atoms with E-state index in [9.17, 15) is 4.79 Å². The maximum Gasteiger partial charge on any atom is 0.228 e. The highest BCUT2D eigenvalue weighted by atomic mass is 35.6. The Hall–Kier alpha value is -1.42. The van der Waals surface area contributed by atoms with Crippen LogP contribution in [-0.2, 0) is 11.2 Å². The van der Waals surface area contributed by atoms with Crippen molar-refractivity contribution in [2.75, 3.05) is 5.32 Å². The number of carbonyl (C=O) groups excluding carboxylic acids is 1. The van der Waals surface area contributed by atoms with Crippen LogP contribution in [0.25, 0.3) is 0 Å². The second-order valence-corrected chi connectivity index (χ2v) is 8.04. The number of amides is 1. The average molecular weight is 386 g/mol. The summed E-state index contributed by atoms with van der Waals surface area (Å²) in [6.45, 7) is 3.96. The van der Waals surface area contributed by atoms with Crippen molar-refractivity contribution < 1.29 is 4.79 Å². The van der Waals surface area contributed by atoms with Crippen molar-refractivity contribution >= 4 is 46.4 Å². The van der Waals surface area contributed by atoms with Gasteiger partial charge in [0.15, 0.2) is 0 Å². The minimum absolute atomic E-state index is 0.215. The summed E-state index contributed by atoms with van der Waals surface area (Å²) in [5.74, 6) is -0.227. The van der Waals surface area contributed by atoms with Crippen LogP contribution in [0.2, 0.25) is 0 Å². The molecule has 0 aliphatic rings. The van der Waals surface area contributed by atoms with Gasteiger partial charge in [0, 0.05) is 5.69 Å². The van der Waals surface area contributed by atoms with Crippen LogP contribution in [0.15, 0.2) is 48.5 Å². The molecule has 2 N–H and O–H groups in total. The first kappa shape index (κ1) is 18.9. The molecule has 0 aromatic heterocycles. The molecule has 0 fully saturated rings. The summed E-state index contributed by atoms with van der Waals surface area (Å²) >= 11 is 18.1. The number of rotatable bonds is 5. The van der Waals surface area contributed by atoms with Crippen LogP contribution >= 0.6 is 34.8 Å². The Kier molecular flexibility index (Phi) is 6.39. The SMILES string of the molecule is Cc1ccc(NC(NC(=O)Cc2ccccc2)C(Cl)(Cl)Cl)c(C)c1. The van der Waals surface area contributed by atoms with E-state index in [0.29, 0.717) is 0 Å². The van der Waals surface area contributed by atoms with Gasteiger partial charge in [-0.15, -0.1) is 0 Å².